The van der Waals surface area contributed by atoms with Gasteiger partial charge in [0.05, 0.1) is 6.10 Å². The van der Waals surface area contributed by atoms with E-state index in [1.165, 1.54) is 51.5 Å². The minimum absolute atomic E-state index is 0.0764. The summed E-state index contributed by atoms with van der Waals surface area (Å²) in [4.78, 5) is 2.69. The van der Waals surface area contributed by atoms with Crippen LogP contribution in [-0.4, -0.2) is 34.7 Å². The van der Waals surface area contributed by atoms with Crippen molar-refractivity contribution in [3.63, 3.8) is 0 Å². The zero-order valence-corrected chi connectivity index (χ0v) is 13.1. The van der Waals surface area contributed by atoms with Gasteiger partial charge in [0, 0.05) is 12.1 Å². The van der Waals surface area contributed by atoms with E-state index in [1.54, 1.807) is 0 Å². The van der Waals surface area contributed by atoms with Gasteiger partial charge in [-0.3, -0.25) is 4.90 Å². The number of aliphatic hydroxyl groups is 1. The Morgan fingerprint density at radius 1 is 1.16 bits per heavy atom. The van der Waals surface area contributed by atoms with E-state index in [0.717, 1.165) is 24.3 Å². The third kappa shape index (κ3) is 3.72. The molecule has 4 atom stereocenters. The smallest absolute Gasteiger partial charge is 0.0695 e. The van der Waals surface area contributed by atoms with E-state index in [4.69, 9.17) is 0 Å². The van der Waals surface area contributed by atoms with Crippen LogP contribution in [0.15, 0.2) is 0 Å². The predicted molar refractivity (Wildman–Crippen MR) is 81.2 cm³/mol. The number of rotatable bonds is 4. The van der Waals surface area contributed by atoms with Crippen LogP contribution < -0.4 is 0 Å². The molecule has 2 heteroatoms. The Hall–Kier alpha value is -0.0800. The van der Waals surface area contributed by atoms with Crippen LogP contribution in [0.4, 0.5) is 0 Å². The number of likely N-dealkylation sites (tertiary alicyclic amines) is 1. The minimum atomic E-state index is -0.0764. The van der Waals surface area contributed by atoms with Gasteiger partial charge in [0.2, 0.25) is 0 Å². The second kappa shape index (κ2) is 7.08. The monoisotopic (exact) mass is 267 g/mol. The lowest BCUT2D eigenvalue weighted by Gasteiger charge is -2.47. The summed E-state index contributed by atoms with van der Waals surface area (Å²) in [6.45, 7) is 8.20. The summed E-state index contributed by atoms with van der Waals surface area (Å²) in [5.74, 6) is 1.59. The standard InChI is InChI=1S/C17H33NO/c1-4-7-15-8-5-6-11-18(15)16-12-14(13(2)3)9-10-17(16)19/h13-17,19H,4-12H2,1-3H3. The molecule has 2 nitrogen and oxygen atoms in total. The third-order valence-electron chi connectivity index (χ3n) is 5.48. The number of hydrogen-bond acceptors (Lipinski definition) is 2. The Balaban J connectivity index is 2.03. The van der Waals surface area contributed by atoms with Crippen LogP contribution in [0.25, 0.3) is 0 Å². The first kappa shape index (κ1) is 15.3. The maximum atomic E-state index is 10.5. The molecule has 2 aliphatic rings. The SMILES string of the molecule is CCCC1CCCCN1C1CC(C(C)C)CCC1O. The molecule has 2 rings (SSSR count). The Labute approximate surface area is 119 Å². The van der Waals surface area contributed by atoms with Gasteiger partial charge in [-0.1, -0.05) is 33.6 Å². The maximum absolute atomic E-state index is 10.5. The van der Waals surface area contributed by atoms with Crippen molar-refractivity contribution in [2.45, 2.75) is 90.3 Å². The van der Waals surface area contributed by atoms with Gasteiger partial charge in [-0.2, -0.15) is 0 Å². The zero-order chi connectivity index (χ0) is 13.8. The normalized spacial score (nSPS) is 37.7. The number of hydrogen-bond donors (Lipinski definition) is 1. The zero-order valence-electron chi connectivity index (χ0n) is 13.1. The highest BCUT2D eigenvalue weighted by Gasteiger charge is 2.37. The summed E-state index contributed by atoms with van der Waals surface area (Å²) in [6, 6.07) is 1.18. The molecule has 1 saturated carbocycles. The van der Waals surface area contributed by atoms with Gasteiger partial charge >= 0.3 is 0 Å². The molecule has 1 N–H and O–H groups in total. The fourth-order valence-electron chi connectivity index (χ4n) is 4.23. The lowest BCUT2D eigenvalue weighted by molar-refractivity contribution is -0.0357. The quantitative estimate of drug-likeness (QED) is 0.837. The van der Waals surface area contributed by atoms with E-state index in [2.05, 4.69) is 25.7 Å². The summed E-state index contributed by atoms with van der Waals surface area (Å²) >= 11 is 0. The van der Waals surface area contributed by atoms with Gasteiger partial charge in [0.15, 0.2) is 0 Å². The summed E-state index contributed by atoms with van der Waals surface area (Å²) in [7, 11) is 0. The topological polar surface area (TPSA) is 23.5 Å². The van der Waals surface area contributed by atoms with Gasteiger partial charge in [-0.05, 0) is 56.9 Å². The molecular formula is C17H33NO. The van der Waals surface area contributed by atoms with E-state index < -0.39 is 0 Å². The van der Waals surface area contributed by atoms with Crippen LogP contribution >= 0.6 is 0 Å². The average Bonchev–Trinajstić information content (AvgIpc) is 2.40. The highest BCUT2D eigenvalue weighted by Crippen LogP contribution is 2.36. The van der Waals surface area contributed by atoms with Crippen molar-refractivity contribution < 1.29 is 5.11 Å². The van der Waals surface area contributed by atoms with Crippen LogP contribution in [0.2, 0.25) is 0 Å². The van der Waals surface area contributed by atoms with Gasteiger partial charge in [-0.15, -0.1) is 0 Å². The van der Waals surface area contributed by atoms with Crippen molar-refractivity contribution in [2.24, 2.45) is 11.8 Å². The van der Waals surface area contributed by atoms with Crippen molar-refractivity contribution in [3.05, 3.63) is 0 Å². The van der Waals surface area contributed by atoms with Crippen LogP contribution in [0.5, 0.6) is 0 Å². The molecule has 1 saturated heterocycles. The van der Waals surface area contributed by atoms with Crippen molar-refractivity contribution in [2.75, 3.05) is 6.54 Å². The van der Waals surface area contributed by atoms with Crippen molar-refractivity contribution in [1.82, 2.24) is 4.90 Å². The van der Waals surface area contributed by atoms with Crippen LogP contribution in [0.1, 0.15) is 72.1 Å². The highest BCUT2D eigenvalue weighted by atomic mass is 16.3. The molecule has 0 spiro atoms. The number of nitrogens with zero attached hydrogens (tertiary/aromatic N) is 1. The second-order valence-electron chi connectivity index (χ2n) is 7.13. The molecule has 0 aromatic rings. The number of aliphatic hydroxyl groups excluding tert-OH is 1. The highest BCUT2D eigenvalue weighted by molar-refractivity contribution is 4.92. The molecule has 4 unspecified atom stereocenters. The van der Waals surface area contributed by atoms with Gasteiger partial charge in [-0.25, -0.2) is 0 Å². The number of piperidine rings is 1. The van der Waals surface area contributed by atoms with Gasteiger partial charge < -0.3 is 5.11 Å². The third-order valence-corrected chi connectivity index (χ3v) is 5.48. The summed E-state index contributed by atoms with van der Waals surface area (Å²) < 4.78 is 0. The molecule has 0 bridgehead atoms. The molecule has 0 amide bonds. The summed E-state index contributed by atoms with van der Waals surface area (Å²) in [6.07, 6.45) is 10.0. The van der Waals surface area contributed by atoms with E-state index in [-0.39, 0.29) is 6.10 Å². The van der Waals surface area contributed by atoms with E-state index >= 15 is 0 Å². The molecule has 2 fully saturated rings. The van der Waals surface area contributed by atoms with E-state index in [0.29, 0.717) is 6.04 Å². The van der Waals surface area contributed by atoms with Gasteiger partial charge in [0.25, 0.3) is 0 Å². The Kier molecular flexibility index (Phi) is 5.70. The minimum Gasteiger partial charge on any atom is -0.391 e. The maximum Gasteiger partial charge on any atom is 0.0695 e. The van der Waals surface area contributed by atoms with Crippen LogP contribution in [-0.2, 0) is 0 Å². The largest absolute Gasteiger partial charge is 0.391 e. The molecule has 0 aromatic heterocycles. The second-order valence-corrected chi connectivity index (χ2v) is 7.13. The Morgan fingerprint density at radius 3 is 2.63 bits per heavy atom. The average molecular weight is 267 g/mol. The lowest BCUT2D eigenvalue weighted by atomic mass is 9.76. The first-order valence-corrected chi connectivity index (χ1v) is 8.57. The molecule has 19 heavy (non-hydrogen) atoms. The van der Waals surface area contributed by atoms with Crippen molar-refractivity contribution in [3.8, 4) is 0 Å². The lowest BCUT2D eigenvalue weighted by Crippen LogP contribution is -2.53. The van der Waals surface area contributed by atoms with Crippen molar-refractivity contribution >= 4 is 0 Å². The van der Waals surface area contributed by atoms with Crippen molar-refractivity contribution in [1.29, 1.82) is 0 Å². The van der Waals surface area contributed by atoms with E-state index in [1.807, 2.05) is 0 Å². The molecule has 1 aliphatic heterocycles. The molecule has 1 aliphatic carbocycles. The summed E-state index contributed by atoms with van der Waals surface area (Å²) in [5.41, 5.74) is 0. The summed E-state index contributed by atoms with van der Waals surface area (Å²) in [5, 5.41) is 10.5. The molecular weight excluding hydrogens is 234 g/mol. The molecule has 0 radical (unpaired) electrons. The molecule has 0 aromatic carbocycles. The van der Waals surface area contributed by atoms with Crippen LogP contribution in [0.3, 0.4) is 0 Å². The Bertz CT molecular complexity index is 264. The molecule has 1 heterocycles. The first-order chi connectivity index (χ1) is 9.13. The fourth-order valence-corrected chi connectivity index (χ4v) is 4.23. The van der Waals surface area contributed by atoms with Gasteiger partial charge in [0.1, 0.15) is 0 Å². The Morgan fingerprint density at radius 2 is 1.95 bits per heavy atom. The first-order valence-electron chi connectivity index (χ1n) is 8.57. The van der Waals surface area contributed by atoms with Crippen LogP contribution in [0, 0.1) is 11.8 Å². The van der Waals surface area contributed by atoms with E-state index in [9.17, 15) is 5.11 Å². The predicted octanol–water partition coefficient (Wildman–Crippen LogP) is 3.83. The fraction of sp³-hybridized carbons (Fsp3) is 1.00. The molecule has 112 valence electrons.